The average Bonchev–Trinajstić information content (AvgIpc) is 3.04. The molecule has 2 nitrogen and oxygen atoms in total. The van der Waals surface area contributed by atoms with Gasteiger partial charge in [0, 0.05) is 25.0 Å². The van der Waals surface area contributed by atoms with E-state index in [4.69, 9.17) is 5.26 Å². The summed E-state index contributed by atoms with van der Waals surface area (Å²) in [5.41, 5.74) is 2.45. The smallest absolute Gasteiger partial charge is 0.0656 e. The van der Waals surface area contributed by atoms with Gasteiger partial charge in [0.15, 0.2) is 0 Å². The van der Waals surface area contributed by atoms with Gasteiger partial charge in [0.2, 0.25) is 0 Å². The fourth-order valence-electron chi connectivity index (χ4n) is 3.87. The first-order valence-electron chi connectivity index (χ1n) is 7.57. The van der Waals surface area contributed by atoms with Crippen LogP contribution in [0.3, 0.4) is 0 Å². The zero-order chi connectivity index (χ0) is 14.1. The molecule has 1 aromatic rings. The minimum Gasteiger partial charge on any atom is -0.296 e. The first-order valence-corrected chi connectivity index (χ1v) is 7.57. The predicted molar refractivity (Wildman–Crippen MR) is 81.8 cm³/mol. The van der Waals surface area contributed by atoms with Crippen LogP contribution < -0.4 is 0 Å². The minimum atomic E-state index is 0.305. The lowest BCUT2D eigenvalue weighted by atomic mass is 10.00. The van der Waals surface area contributed by atoms with Gasteiger partial charge in [-0.05, 0) is 42.7 Å². The topological polar surface area (TPSA) is 27.0 Å². The van der Waals surface area contributed by atoms with Crippen molar-refractivity contribution in [1.82, 2.24) is 4.90 Å². The molecule has 1 aliphatic carbocycles. The molecular formula is C18H22N2. The SMILES string of the molecule is C=C(c1ccccc1)C(C)N1CC2CC(C#N)CC2C1. The molecule has 2 heteroatoms. The molecule has 3 unspecified atom stereocenters. The Morgan fingerprint density at radius 2 is 1.85 bits per heavy atom. The Balaban J connectivity index is 1.65. The number of fused-ring (bicyclic) bond motifs is 1. The van der Waals surface area contributed by atoms with Crippen LogP contribution >= 0.6 is 0 Å². The van der Waals surface area contributed by atoms with Gasteiger partial charge in [0.1, 0.15) is 0 Å². The molecular weight excluding hydrogens is 244 g/mol. The van der Waals surface area contributed by atoms with Crippen LogP contribution in [0.1, 0.15) is 25.3 Å². The summed E-state index contributed by atoms with van der Waals surface area (Å²) < 4.78 is 0. The molecule has 1 heterocycles. The Hall–Kier alpha value is -1.59. The standard InChI is InChI=1S/C18H22N2/c1-13(16-6-4-3-5-7-16)14(2)20-11-17-8-15(10-19)9-18(17)12-20/h3-7,14-15,17-18H,1,8-9,11-12H2,2H3. The molecule has 1 aromatic carbocycles. The molecule has 1 saturated carbocycles. The maximum Gasteiger partial charge on any atom is 0.0656 e. The van der Waals surface area contributed by atoms with E-state index in [2.05, 4.69) is 48.7 Å². The molecule has 0 amide bonds. The minimum absolute atomic E-state index is 0.305. The molecule has 1 aliphatic heterocycles. The van der Waals surface area contributed by atoms with E-state index in [1.807, 2.05) is 6.07 Å². The van der Waals surface area contributed by atoms with Gasteiger partial charge in [-0.3, -0.25) is 4.90 Å². The Morgan fingerprint density at radius 3 is 2.40 bits per heavy atom. The van der Waals surface area contributed by atoms with E-state index in [0.29, 0.717) is 12.0 Å². The highest BCUT2D eigenvalue weighted by atomic mass is 15.2. The molecule has 2 aliphatic rings. The molecule has 0 bridgehead atoms. The highest BCUT2D eigenvalue weighted by Gasteiger charge is 2.42. The Bertz CT molecular complexity index is 514. The lowest BCUT2D eigenvalue weighted by Crippen LogP contribution is -2.32. The van der Waals surface area contributed by atoms with Crippen LogP contribution in [0.25, 0.3) is 5.57 Å². The van der Waals surface area contributed by atoms with Gasteiger partial charge in [-0.1, -0.05) is 36.9 Å². The van der Waals surface area contributed by atoms with Crippen molar-refractivity contribution in [3.05, 3.63) is 42.5 Å². The van der Waals surface area contributed by atoms with Crippen molar-refractivity contribution >= 4 is 5.57 Å². The van der Waals surface area contributed by atoms with Gasteiger partial charge < -0.3 is 0 Å². The Morgan fingerprint density at radius 1 is 1.25 bits per heavy atom. The fourth-order valence-corrected chi connectivity index (χ4v) is 3.87. The highest BCUT2D eigenvalue weighted by Crippen LogP contribution is 2.42. The van der Waals surface area contributed by atoms with E-state index >= 15 is 0 Å². The lowest BCUT2D eigenvalue weighted by Gasteiger charge is -2.27. The van der Waals surface area contributed by atoms with Gasteiger partial charge in [0.05, 0.1) is 6.07 Å². The molecule has 0 radical (unpaired) electrons. The second kappa shape index (κ2) is 5.42. The molecule has 0 N–H and O–H groups in total. The van der Waals surface area contributed by atoms with Crippen molar-refractivity contribution in [2.24, 2.45) is 17.8 Å². The summed E-state index contributed by atoms with van der Waals surface area (Å²) in [6, 6.07) is 13.3. The third kappa shape index (κ3) is 2.39. The molecule has 3 atom stereocenters. The van der Waals surface area contributed by atoms with E-state index in [0.717, 1.165) is 37.8 Å². The summed E-state index contributed by atoms with van der Waals surface area (Å²) in [5, 5.41) is 9.06. The third-order valence-corrected chi connectivity index (χ3v) is 5.16. The van der Waals surface area contributed by atoms with Crippen LogP contribution in [0.2, 0.25) is 0 Å². The van der Waals surface area contributed by atoms with Crippen molar-refractivity contribution < 1.29 is 0 Å². The summed E-state index contributed by atoms with van der Waals surface area (Å²) >= 11 is 0. The van der Waals surface area contributed by atoms with Crippen molar-refractivity contribution in [3.63, 3.8) is 0 Å². The number of benzene rings is 1. The monoisotopic (exact) mass is 266 g/mol. The van der Waals surface area contributed by atoms with Crippen LogP contribution in [-0.4, -0.2) is 24.0 Å². The van der Waals surface area contributed by atoms with Gasteiger partial charge in [-0.2, -0.15) is 5.26 Å². The zero-order valence-electron chi connectivity index (χ0n) is 12.1. The van der Waals surface area contributed by atoms with Crippen LogP contribution in [0.4, 0.5) is 0 Å². The number of likely N-dealkylation sites (tertiary alicyclic amines) is 1. The van der Waals surface area contributed by atoms with Crippen LogP contribution in [0.5, 0.6) is 0 Å². The van der Waals surface area contributed by atoms with Crippen LogP contribution in [0.15, 0.2) is 36.9 Å². The van der Waals surface area contributed by atoms with Crippen LogP contribution in [-0.2, 0) is 0 Å². The average molecular weight is 266 g/mol. The van der Waals surface area contributed by atoms with Crippen molar-refractivity contribution in [2.45, 2.75) is 25.8 Å². The maximum atomic E-state index is 9.06. The highest BCUT2D eigenvalue weighted by molar-refractivity contribution is 5.67. The number of rotatable bonds is 3. The largest absolute Gasteiger partial charge is 0.296 e. The molecule has 3 rings (SSSR count). The van der Waals surface area contributed by atoms with E-state index in [1.165, 1.54) is 11.1 Å². The van der Waals surface area contributed by atoms with Crippen molar-refractivity contribution in [1.29, 1.82) is 5.26 Å². The summed E-state index contributed by atoms with van der Waals surface area (Å²) in [7, 11) is 0. The molecule has 20 heavy (non-hydrogen) atoms. The van der Waals surface area contributed by atoms with E-state index in [9.17, 15) is 0 Å². The first kappa shape index (κ1) is 13.4. The summed E-state index contributed by atoms with van der Waals surface area (Å²) in [5.74, 6) is 1.76. The van der Waals surface area contributed by atoms with Gasteiger partial charge in [-0.15, -0.1) is 0 Å². The number of nitriles is 1. The van der Waals surface area contributed by atoms with Crippen molar-refractivity contribution in [2.75, 3.05) is 13.1 Å². The predicted octanol–water partition coefficient (Wildman–Crippen LogP) is 3.57. The maximum absolute atomic E-state index is 9.06. The second-order valence-electron chi connectivity index (χ2n) is 6.34. The number of nitrogens with zero attached hydrogens (tertiary/aromatic N) is 2. The summed E-state index contributed by atoms with van der Waals surface area (Å²) in [6.45, 7) is 8.83. The number of hydrogen-bond donors (Lipinski definition) is 0. The molecule has 2 fully saturated rings. The quantitative estimate of drug-likeness (QED) is 0.836. The van der Waals surface area contributed by atoms with E-state index in [-0.39, 0.29) is 0 Å². The van der Waals surface area contributed by atoms with E-state index in [1.54, 1.807) is 0 Å². The van der Waals surface area contributed by atoms with Gasteiger partial charge in [0.25, 0.3) is 0 Å². The number of hydrogen-bond acceptors (Lipinski definition) is 2. The zero-order valence-corrected chi connectivity index (χ0v) is 12.1. The fraction of sp³-hybridized carbons (Fsp3) is 0.500. The normalized spacial score (nSPS) is 30.7. The van der Waals surface area contributed by atoms with E-state index < -0.39 is 0 Å². The molecule has 104 valence electrons. The second-order valence-corrected chi connectivity index (χ2v) is 6.34. The third-order valence-electron chi connectivity index (χ3n) is 5.16. The lowest BCUT2D eigenvalue weighted by molar-refractivity contribution is 0.278. The Labute approximate surface area is 121 Å². The molecule has 0 aromatic heterocycles. The van der Waals surface area contributed by atoms with Crippen molar-refractivity contribution in [3.8, 4) is 6.07 Å². The van der Waals surface area contributed by atoms with Gasteiger partial charge >= 0.3 is 0 Å². The van der Waals surface area contributed by atoms with Crippen LogP contribution in [0, 0.1) is 29.1 Å². The summed E-state index contributed by atoms with van der Waals surface area (Å²) in [4.78, 5) is 2.55. The first-order chi connectivity index (χ1) is 9.69. The van der Waals surface area contributed by atoms with Gasteiger partial charge in [-0.25, -0.2) is 0 Å². The summed E-state index contributed by atoms with van der Waals surface area (Å²) in [6.07, 6.45) is 2.20. The Kier molecular flexibility index (Phi) is 3.63. The molecule has 1 saturated heterocycles. The molecule has 0 spiro atoms.